The minimum atomic E-state index is -4.59. The second-order valence-electron chi connectivity index (χ2n) is 19.7. The SMILES string of the molecule is Cc1cccc(-c2ccc3c(c2)c2cc(-c4cccc(C)c4)ccc2n3-c2cc(C#N)c(-c3cc(C)cc(C(F)(F)F)c3)cc2-n2c3ccc(-c4cccc(C)c4)cc3c3cc(-c4cccc(C)c4)ccc32)c1. The fourth-order valence-corrected chi connectivity index (χ4v) is 11.0. The van der Waals surface area contributed by atoms with Crippen LogP contribution >= 0.6 is 0 Å². The first-order chi connectivity index (χ1) is 35.3. The van der Waals surface area contributed by atoms with Gasteiger partial charge < -0.3 is 9.13 Å². The molecule has 352 valence electrons. The molecule has 2 aromatic heterocycles. The van der Waals surface area contributed by atoms with Crippen LogP contribution in [0.2, 0.25) is 0 Å². The van der Waals surface area contributed by atoms with Gasteiger partial charge in [-0.2, -0.15) is 18.4 Å². The first-order valence-electron chi connectivity index (χ1n) is 24.5. The van der Waals surface area contributed by atoms with E-state index in [9.17, 15) is 18.4 Å². The number of halogens is 3. The highest BCUT2D eigenvalue weighted by molar-refractivity contribution is 6.14. The van der Waals surface area contributed by atoms with Gasteiger partial charge in [0, 0.05) is 27.1 Å². The Balaban J connectivity index is 1.21. The molecular formula is C67H48F3N3. The molecule has 0 spiro atoms. The van der Waals surface area contributed by atoms with E-state index in [1.165, 1.54) is 6.07 Å². The lowest BCUT2D eigenvalue weighted by atomic mass is 9.95. The second kappa shape index (κ2) is 17.4. The molecule has 6 heteroatoms. The Morgan fingerprint density at radius 1 is 0.342 bits per heavy atom. The average Bonchev–Trinajstić information content (AvgIpc) is 3.89. The van der Waals surface area contributed by atoms with E-state index in [1.54, 1.807) is 13.0 Å². The van der Waals surface area contributed by atoms with E-state index >= 15 is 0 Å². The van der Waals surface area contributed by atoms with Crippen molar-refractivity contribution in [3.05, 3.63) is 239 Å². The summed E-state index contributed by atoms with van der Waals surface area (Å²) in [5.74, 6) is 0. The summed E-state index contributed by atoms with van der Waals surface area (Å²) in [5, 5.41) is 15.3. The van der Waals surface area contributed by atoms with Crippen LogP contribution in [0.3, 0.4) is 0 Å². The minimum absolute atomic E-state index is 0.254. The van der Waals surface area contributed by atoms with Crippen LogP contribution in [0.1, 0.15) is 38.9 Å². The number of nitriles is 1. The second-order valence-corrected chi connectivity index (χ2v) is 19.7. The molecule has 12 aromatic rings. The van der Waals surface area contributed by atoms with Crippen LogP contribution in [0.4, 0.5) is 13.2 Å². The van der Waals surface area contributed by atoms with E-state index in [4.69, 9.17) is 0 Å². The predicted molar refractivity (Wildman–Crippen MR) is 296 cm³/mol. The third-order valence-corrected chi connectivity index (χ3v) is 14.4. The number of aromatic nitrogens is 2. The van der Waals surface area contributed by atoms with Gasteiger partial charge in [-0.1, -0.05) is 150 Å². The molecule has 10 aromatic carbocycles. The minimum Gasteiger partial charge on any atom is -0.307 e. The number of hydrogen-bond acceptors (Lipinski definition) is 1. The number of nitrogens with zero attached hydrogens (tertiary/aromatic N) is 3. The molecule has 0 aliphatic carbocycles. The fraction of sp³-hybridized carbons (Fsp3) is 0.0896. The van der Waals surface area contributed by atoms with Crippen molar-refractivity contribution >= 4 is 43.6 Å². The molecule has 2 heterocycles. The van der Waals surface area contributed by atoms with Gasteiger partial charge in [0.2, 0.25) is 0 Å². The number of benzene rings is 10. The topological polar surface area (TPSA) is 33.6 Å². The highest BCUT2D eigenvalue weighted by atomic mass is 19.4. The quantitative estimate of drug-likeness (QED) is 0.157. The lowest BCUT2D eigenvalue weighted by Gasteiger charge is -2.20. The third kappa shape index (κ3) is 8.04. The van der Waals surface area contributed by atoms with Gasteiger partial charge in [-0.3, -0.25) is 0 Å². The molecule has 0 atom stereocenters. The number of aryl methyl sites for hydroxylation is 5. The highest BCUT2D eigenvalue weighted by Gasteiger charge is 2.32. The Morgan fingerprint density at radius 2 is 0.671 bits per heavy atom. The van der Waals surface area contributed by atoms with Crippen molar-refractivity contribution in [1.82, 2.24) is 9.13 Å². The molecule has 0 saturated heterocycles. The summed E-state index contributed by atoms with van der Waals surface area (Å²) < 4.78 is 48.4. The van der Waals surface area contributed by atoms with Gasteiger partial charge in [-0.05, 0) is 163 Å². The number of fused-ring (bicyclic) bond motifs is 6. The molecule has 3 nitrogen and oxygen atoms in total. The van der Waals surface area contributed by atoms with Gasteiger partial charge in [0.1, 0.15) is 0 Å². The summed E-state index contributed by atoms with van der Waals surface area (Å²) in [6.07, 6.45) is -4.59. The van der Waals surface area contributed by atoms with E-state index in [-0.39, 0.29) is 5.56 Å². The zero-order chi connectivity index (χ0) is 50.3. The van der Waals surface area contributed by atoms with E-state index in [1.807, 2.05) is 12.1 Å². The lowest BCUT2D eigenvalue weighted by Crippen LogP contribution is -2.07. The summed E-state index contributed by atoms with van der Waals surface area (Å²) in [5.41, 5.74) is 19.0. The van der Waals surface area contributed by atoms with Crippen molar-refractivity contribution < 1.29 is 13.2 Å². The smallest absolute Gasteiger partial charge is 0.307 e. The van der Waals surface area contributed by atoms with Crippen LogP contribution in [0, 0.1) is 45.9 Å². The van der Waals surface area contributed by atoms with E-state index in [0.29, 0.717) is 28.1 Å². The lowest BCUT2D eigenvalue weighted by molar-refractivity contribution is -0.137. The molecule has 0 saturated carbocycles. The first kappa shape index (κ1) is 45.2. The third-order valence-electron chi connectivity index (χ3n) is 14.4. The Kier molecular flexibility index (Phi) is 10.8. The molecular weight excluding hydrogens is 904 g/mol. The van der Waals surface area contributed by atoms with E-state index < -0.39 is 11.7 Å². The van der Waals surface area contributed by atoms with Crippen LogP contribution in [-0.2, 0) is 6.18 Å². The summed E-state index contributed by atoms with van der Waals surface area (Å²) in [4.78, 5) is 0. The maximum Gasteiger partial charge on any atom is 0.416 e. The zero-order valence-corrected chi connectivity index (χ0v) is 41.0. The molecule has 0 aliphatic rings. The summed E-state index contributed by atoms with van der Waals surface area (Å²) in [6.45, 7) is 10.1. The van der Waals surface area contributed by atoms with Gasteiger partial charge >= 0.3 is 6.18 Å². The molecule has 0 amide bonds. The first-order valence-corrected chi connectivity index (χ1v) is 24.5. The molecule has 0 fully saturated rings. The molecule has 12 rings (SSSR count). The monoisotopic (exact) mass is 951 g/mol. The van der Waals surface area contributed by atoms with Crippen LogP contribution in [0.5, 0.6) is 0 Å². The number of rotatable bonds is 7. The van der Waals surface area contributed by atoms with Crippen molar-refractivity contribution in [2.24, 2.45) is 0 Å². The predicted octanol–water partition coefficient (Wildman–Crippen LogP) is 18.6. The van der Waals surface area contributed by atoms with Crippen LogP contribution in [0.25, 0.3) is 111 Å². The van der Waals surface area contributed by atoms with Crippen LogP contribution in [0.15, 0.2) is 200 Å². The maximum atomic E-state index is 14.6. The van der Waals surface area contributed by atoms with Crippen molar-refractivity contribution in [1.29, 1.82) is 5.26 Å². The van der Waals surface area contributed by atoms with Crippen molar-refractivity contribution in [2.75, 3.05) is 0 Å². The number of hydrogen-bond donors (Lipinski definition) is 0. The van der Waals surface area contributed by atoms with Crippen molar-refractivity contribution in [3.63, 3.8) is 0 Å². The summed E-state index contributed by atoms with van der Waals surface area (Å²) in [7, 11) is 0. The Hall–Kier alpha value is -8.92. The largest absolute Gasteiger partial charge is 0.416 e. The molecule has 0 N–H and O–H groups in total. The zero-order valence-electron chi connectivity index (χ0n) is 41.0. The van der Waals surface area contributed by atoms with Gasteiger partial charge in [-0.15, -0.1) is 0 Å². The summed E-state index contributed by atoms with van der Waals surface area (Å²) in [6, 6.07) is 70.6. The molecule has 0 aliphatic heterocycles. The normalized spacial score (nSPS) is 11.8. The van der Waals surface area contributed by atoms with Gasteiger partial charge in [0.15, 0.2) is 0 Å². The molecule has 73 heavy (non-hydrogen) atoms. The number of alkyl halides is 3. The van der Waals surface area contributed by atoms with Gasteiger partial charge in [-0.25, -0.2) is 0 Å². The molecule has 0 unspecified atom stereocenters. The molecule has 0 bridgehead atoms. The molecule has 0 radical (unpaired) electrons. The Morgan fingerprint density at radius 3 is 1.00 bits per heavy atom. The fourth-order valence-electron chi connectivity index (χ4n) is 11.0. The average molecular weight is 952 g/mol. The Bertz CT molecular complexity index is 4070. The highest BCUT2D eigenvalue weighted by Crippen LogP contribution is 2.45. The summed E-state index contributed by atoms with van der Waals surface area (Å²) >= 11 is 0. The Labute approximate surface area is 422 Å². The van der Waals surface area contributed by atoms with Crippen molar-refractivity contribution in [3.8, 4) is 73.1 Å². The van der Waals surface area contributed by atoms with E-state index in [2.05, 4.69) is 213 Å². The standard InChI is InChI=1S/C67H48F3N3/c1-40-10-6-14-45(26-40)49-18-22-61-57(33-49)58-34-50(46-15-7-11-41(2)27-46)19-23-62(58)72(61)65-37-54(39-71)56(53-30-44(5)31-55(32-53)67(68,69)70)38-66(65)73-63-24-20-51(47-16-8-12-42(3)28-47)35-59(63)60-36-52(21-25-64(60)73)48-17-9-13-43(4)29-48/h6-38H,1-5H3. The van der Waals surface area contributed by atoms with Gasteiger partial charge in [0.25, 0.3) is 0 Å². The van der Waals surface area contributed by atoms with Crippen LogP contribution in [-0.4, -0.2) is 9.13 Å². The van der Waals surface area contributed by atoms with Crippen molar-refractivity contribution in [2.45, 2.75) is 40.8 Å². The van der Waals surface area contributed by atoms with Crippen LogP contribution < -0.4 is 0 Å². The van der Waals surface area contributed by atoms with E-state index in [0.717, 1.165) is 116 Å². The maximum absolute atomic E-state index is 14.6. The van der Waals surface area contributed by atoms with Gasteiger partial charge in [0.05, 0.1) is 50.6 Å².